The number of nitro groups is 1. The third-order valence-corrected chi connectivity index (χ3v) is 4.82. The van der Waals surface area contributed by atoms with Crippen LogP contribution in [0, 0.1) is 24.0 Å². The van der Waals surface area contributed by atoms with Crippen molar-refractivity contribution in [3.8, 4) is 0 Å². The number of hydrogen-bond donors (Lipinski definition) is 0. The van der Waals surface area contributed by atoms with E-state index in [1.165, 1.54) is 23.9 Å². The molecular formula is C19H19NO5S. The van der Waals surface area contributed by atoms with Gasteiger partial charge < -0.3 is 4.74 Å². The normalized spacial score (nSPS) is 11.7. The predicted molar refractivity (Wildman–Crippen MR) is 99.6 cm³/mol. The summed E-state index contributed by atoms with van der Waals surface area (Å²) >= 11 is 1.22. The third-order valence-electron chi connectivity index (χ3n) is 3.73. The highest BCUT2D eigenvalue weighted by molar-refractivity contribution is 8.00. The Morgan fingerprint density at radius 1 is 1.15 bits per heavy atom. The molecule has 0 aliphatic rings. The summed E-state index contributed by atoms with van der Waals surface area (Å²) < 4.78 is 5.13. The van der Waals surface area contributed by atoms with Gasteiger partial charge in [0.25, 0.3) is 5.69 Å². The molecular weight excluding hydrogens is 354 g/mol. The zero-order valence-electron chi connectivity index (χ0n) is 14.7. The molecule has 0 radical (unpaired) electrons. The number of ether oxygens (including phenoxy) is 1. The van der Waals surface area contributed by atoms with E-state index < -0.39 is 16.1 Å². The Morgan fingerprint density at radius 2 is 1.81 bits per heavy atom. The van der Waals surface area contributed by atoms with E-state index >= 15 is 0 Å². The van der Waals surface area contributed by atoms with Crippen molar-refractivity contribution in [2.24, 2.45) is 0 Å². The summed E-state index contributed by atoms with van der Waals surface area (Å²) in [5, 5.41) is 10.1. The number of nitro benzene ring substituents is 1. The predicted octanol–water partition coefficient (Wildman–Crippen LogP) is 4.12. The topological polar surface area (TPSA) is 86.5 Å². The lowest BCUT2D eigenvalue weighted by Crippen LogP contribution is -2.21. The molecule has 0 spiro atoms. The maximum absolute atomic E-state index is 12.3. The monoisotopic (exact) mass is 373 g/mol. The third kappa shape index (κ3) is 5.16. The average molecular weight is 373 g/mol. The van der Waals surface area contributed by atoms with Crippen molar-refractivity contribution in [2.45, 2.75) is 30.9 Å². The van der Waals surface area contributed by atoms with Gasteiger partial charge in [0, 0.05) is 22.6 Å². The molecule has 0 aromatic heterocycles. The molecule has 2 aromatic rings. The number of benzene rings is 2. The van der Waals surface area contributed by atoms with Crippen molar-refractivity contribution in [2.75, 3.05) is 6.61 Å². The Balaban J connectivity index is 1.91. The lowest BCUT2D eigenvalue weighted by atomic mass is 10.0. The molecule has 6 nitrogen and oxygen atoms in total. The molecule has 0 bridgehead atoms. The van der Waals surface area contributed by atoms with Gasteiger partial charge in [-0.25, -0.2) is 0 Å². The molecule has 0 amide bonds. The molecule has 0 aliphatic carbocycles. The average Bonchev–Trinajstić information content (AvgIpc) is 2.61. The highest BCUT2D eigenvalue weighted by atomic mass is 32.2. The van der Waals surface area contributed by atoms with E-state index in [0.717, 1.165) is 11.1 Å². The summed E-state index contributed by atoms with van der Waals surface area (Å²) in [6, 6.07) is 11.5. The van der Waals surface area contributed by atoms with Gasteiger partial charge in [-0.15, -0.1) is 11.8 Å². The molecule has 0 saturated heterocycles. The lowest BCUT2D eigenvalue weighted by molar-refractivity contribution is -0.384. The van der Waals surface area contributed by atoms with E-state index in [0.29, 0.717) is 10.5 Å². The number of Topliss-reactive ketones (excluding diaryl/α,β-unsaturated/α-hetero) is 1. The van der Waals surface area contributed by atoms with E-state index in [1.54, 1.807) is 25.1 Å². The van der Waals surface area contributed by atoms with Crippen LogP contribution in [0.3, 0.4) is 0 Å². The Labute approximate surface area is 155 Å². The number of rotatable bonds is 7. The summed E-state index contributed by atoms with van der Waals surface area (Å²) in [7, 11) is 0. The van der Waals surface area contributed by atoms with Gasteiger partial charge in [0.2, 0.25) is 5.78 Å². The second-order valence-electron chi connectivity index (χ2n) is 5.86. The molecule has 2 aromatic carbocycles. The first-order chi connectivity index (χ1) is 12.3. The number of hydrogen-bond acceptors (Lipinski definition) is 6. The van der Waals surface area contributed by atoms with Crippen LogP contribution in [-0.4, -0.2) is 28.5 Å². The van der Waals surface area contributed by atoms with Crippen LogP contribution < -0.4 is 0 Å². The minimum Gasteiger partial charge on any atom is -0.456 e. The van der Waals surface area contributed by atoms with Gasteiger partial charge in [-0.1, -0.05) is 17.7 Å². The highest BCUT2D eigenvalue weighted by Crippen LogP contribution is 2.26. The van der Waals surface area contributed by atoms with Crippen LogP contribution in [0.4, 0.5) is 5.69 Å². The van der Waals surface area contributed by atoms with Gasteiger partial charge in [0.1, 0.15) is 5.25 Å². The van der Waals surface area contributed by atoms with Gasteiger partial charge in [0.15, 0.2) is 6.61 Å². The van der Waals surface area contributed by atoms with Crippen LogP contribution in [0.15, 0.2) is 47.4 Å². The van der Waals surface area contributed by atoms with Gasteiger partial charge in [-0.05, 0) is 44.5 Å². The second-order valence-corrected chi connectivity index (χ2v) is 7.27. The molecule has 0 N–H and O–H groups in total. The summed E-state index contributed by atoms with van der Waals surface area (Å²) in [6.45, 7) is 5.08. The lowest BCUT2D eigenvalue weighted by Gasteiger charge is -2.12. The number of carbonyl (C=O) groups excluding carboxylic acids is 2. The van der Waals surface area contributed by atoms with Crippen molar-refractivity contribution in [3.63, 3.8) is 0 Å². The Hall–Kier alpha value is -2.67. The summed E-state index contributed by atoms with van der Waals surface area (Å²) in [5.74, 6) is -0.751. The van der Waals surface area contributed by atoms with Crippen LogP contribution in [0.1, 0.15) is 28.4 Å². The minimum absolute atomic E-state index is 0.0105. The van der Waals surface area contributed by atoms with Crippen molar-refractivity contribution < 1.29 is 19.2 Å². The summed E-state index contributed by atoms with van der Waals surface area (Å²) in [6.07, 6.45) is 0. The minimum atomic E-state index is -0.539. The number of carbonyl (C=O) groups is 2. The molecule has 26 heavy (non-hydrogen) atoms. The number of aryl methyl sites for hydroxylation is 2. The number of non-ortho nitro benzene ring substituents is 1. The van der Waals surface area contributed by atoms with Crippen molar-refractivity contribution in [1.82, 2.24) is 0 Å². The van der Waals surface area contributed by atoms with Crippen LogP contribution in [0.25, 0.3) is 0 Å². The fourth-order valence-corrected chi connectivity index (χ4v) is 3.13. The van der Waals surface area contributed by atoms with Crippen LogP contribution in [-0.2, 0) is 9.53 Å². The Kier molecular flexibility index (Phi) is 6.52. The molecule has 0 unspecified atom stereocenters. The van der Waals surface area contributed by atoms with Gasteiger partial charge in [-0.3, -0.25) is 19.7 Å². The standard InChI is InChI=1S/C19H19NO5S/c1-12-4-5-13(2)17(10-12)18(21)11-25-19(22)14(3)26-16-8-6-15(7-9-16)20(23)24/h4-10,14H,11H2,1-3H3/t14-/m0/s1. The van der Waals surface area contributed by atoms with E-state index in [2.05, 4.69) is 0 Å². The highest BCUT2D eigenvalue weighted by Gasteiger charge is 2.19. The van der Waals surface area contributed by atoms with E-state index in [9.17, 15) is 19.7 Å². The quantitative estimate of drug-likeness (QED) is 0.239. The molecule has 2 rings (SSSR count). The van der Waals surface area contributed by atoms with E-state index in [4.69, 9.17) is 4.74 Å². The Bertz CT molecular complexity index is 832. The molecule has 0 saturated carbocycles. The zero-order valence-corrected chi connectivity index (χ0v) is 15.5. The first-order valence-electron chi connectivity index (χ1n) is 7.96. The van der Waals surface area contributed by atoms with Gasteiger partial charge >= 0.3 is 5.97 Å². The number of thioether (sulfide) groups is 1. The SMILES string of the molecule is Cc1ccc(C)c(C(=O)COC(=O)[C@H](C)Sc2ccc([N+](=O)[O-])cc2)c1. The fraction of sp³-hybridized carbons (Fsp3) is 0.263. The van der Waals surface area contributed by atoms with Crippen LogP contribution in [0.5, 0.6) is 0 Å². The molecule has 7 heteroatoms. The van der Waals surface area contributed by atoms with Crippen molar-refractivity contribution in [3.05, 3.63) is 69.3 Å². The van der Waals surface area contributed by atoms with Crippen LogP contribution >= 0.6 is 11.8 Å². The van der Waals surface area contributed by atoms with E-state index in [-0.39, 0.29) is 18.1 Å². The van der Waals surface area contributed by atoms with Gasteiger partial charge in [-0.2, -0.15) is 0 Å². The molecule has 0 heterocycles. The fourth-order valence-electron chi connectivity index (χ4n) is 2.27. The molecule has 0 aliphatic heterocycles. The number of esters is 1. The Morgan fingerprint density at radius 3 is 2.42 bits per heavy atom. The van der Waals surface area contributed by atoms with Crippen LogP contribution in [0.2, 0.25) is 0 Å². The molecule has 0 fully saturated rings. The second kappa shape index (κ2) is 8.62. The number of nitrogens with zero attached hydrogens (tertiary/aromatic N) is 1. The summed E-state index contributed by atoms with van der Waals surface area (Å²) in [5.41, 5.74) is 2.34. The summed E-state index contributed by atoms with van der Waals surface area (Å²) in [4.78, 5) is 35.2. The first kappa shape index (κ1) is 19.7. The first-order valence-corrected chi connectivity index (χ1v) is 8.84. The molecule has 136 valence electrons. The smallest absolute Gasteiger partial charge is 0.319 e. The maximum atomic E-state index is 12.3. The van der Waals surface area contributed by atoms with E-state index in [1.807, 2.05) is 26.0 Å². The number of ketones is 1. The zero-order chi connectivity index (χ0) is 19.3. The van der Waals surface area contributed by atoms with Gasteiger partial charge in [0.05, 0.1) is 4.92 Å². The largest absolute Gasteiger partial charge is 0.456 e. The molecule has 1 atom stereocenters. The maximum Gasteiger partial charge on any atom is 0.319 e. The van der Waals surface area contributed by atoms with Crippen molar-refractivity contribution >= 4 is 29.2 Å². The van der Waals surface area contributed by atoms with Crippen molar-refractivity contribution in [1.29, 1.82) is 0 Å².